The summed E-state index contributed by atoms with van der Waals surface area (Å²) in [6.45, 7) is 2.24. The number of hydrogen-bond acceptors (Lipinski definition) is 3. The number of hydrogen-bond donors (Lipinski definition) is 1. The summed E-state index contributed by atoms with van der Waals surface area (Å²) < 4.78 is 0. The van der Waals surface area contributed by atoms with Gasteiger partial charge in [-0.2, -0.15) is 0 Å². The average Bonchev–Trinajstić information content (AvgIpc) is 3.05. The molecule has 0 atom stereocenters. The minimum absolute atomic E-state index is 0.734. The number of thiazole rings is 1. The molecule has 14 heavy (non-hydrogen) atoms. The summed E-state index contributed by atoms with van der Waals surface area (Å²) in [4.78, 5) is 6.24. The van der Waals surface area contributed by atoms with Crippen molar-refractivity contribution in [2.75, 3.05) is 5.32 Å². The molecule has 0 radical (unpaired) electrons. The lowest BCUT2D eigenvalue weighted by Crippen LogP contribution is -1.99. The number of nitrogens with one attached hydrogen (secondary N) is 1. The maximum absolute atomic E-state index is 4.73. The Bertz CT molecular complexity index is 337. The van der Waals surface area contributed by atoms with E-state index < -0.39 is 0 Å². The molecule has 0 aliphatic heterocycles. The van der Waals surface area contributed by atoms with Crippen molar-refractivity contribution in [1.29, 1.82) is 0 Å². The zero-order valence-electron chi connectivity index (χ0n) is 8.55. The molecule has 0 saturated heterocycles. The Labute approximate surface area is 88.7 Å². The normalized spacial score (nSPS) is 21.2. The van der Waals surface area contributed by atoms with Crippen molar-refractivity contribution >= 4 is 16.5 Å². The van der Waals surface area contributed by atoms with Crippen LogP contribution < -0.4 is 5.32 Å². The van der Waals surface area contributed by atoms with Crippen LogP contribution in [0.4, 0.5) is 5.13 Å². The predicted molar refractivity (Wildman–Crippen MR) is 60.1 cm³/mol. The molecule has 1 heterocycles. The van der Waals surface area contributed by atoms with Gasteiger partial charge in [-0.1, -0.05) is 6.92 Å². The highest BCUT2D eigenvalue weighted by Crippen LogP contribution is 2.44. The van der Waals surface area contributed by atoms with E-state index in [1.54, 1.807) is 0 Å². The van der Waals surface area contributed by atoms with Crippen molar-refractivity contribution in [3.05, 3.63) is 10.6 Å². The minimum atomic E-state index is 0.734. The number of aromatic nitrogens is 1. The number of anilines is 1. The van der Waals surface area contributed by atoms with E-state index in [-0.39, 0.29) is 0 Å². The SMILES string of the molecule is CCc1sc(NC2CC2)nc1C1CC1. The molecule has 0 unspecified atom stereocenters. The summed E-state index contributed by atoms with van der Waals surface area (Å²) in [7, 11) is 0. The van der Waals surface area contributed by atoms with Crippen LogP contribution in [0.1, 0.15) is 49.1 Å². The molecule has 2 aliphatic carbocycles. The fourth-order valence-corrected chi connectivity index (χ4v) is 2.82. The first-order valence-corrected chi connectivity index (χ1v) is 6.44. The smallest absolute Gasteiger partial charge is 0.183 e. The highest BCUT2D eigenvalue weighted by atomic mass is 32.1. The van der Waals surface area contributed by atoms with Crippen LogP contribution in [0, 0.1) is 0 Å². The molecule has 0 bridgehead atoms. The molecule has 76 valence electrons. The lowest BCUT2D eigenvalue weighted by atomic mass is 10.2. The van der Waals surface area contributed by atoms with Crippen molar-refractivity contribution in [1.82, 2.24) is 4.98 Å². The van der Waals surface area contributed by atoms with Gasteiger partial charge in [0.2, 0.25) is 0 Å². The van der Waals surface area contributed by atoms with Gasteiger partial charge in [-0.25, -0.2) is 4.98 Å². The Morgan fingerprint density at radius 1 is 1.36 bits per heavy atom. The van der Waals surface area contributed by atoms with Crippen molar-refractivity contribution < 1.29 is 0 Å². The Morgan fingerprint density at radius 3 is 2.71 bits per heavy atom. The Balaban J connectivity index is 1.82. The highest BCUT2D eigenvalue weighted by Gasteiger charge is 2.30. The third kappa shape index (κ3) is 1.65. The summed E-state index contributed by atoms with van der Waals surface area (Å²) in [6.07, 6.45) is 6.54. The van der Waals surface area contributed by atoms with E-state index in [0.717, 1.165) is 18.4 Å². The molecule has 0 spiro atoms. The van der Waals surface area contributed by atoms with Crippen LogP contribution in [0.5, 0.6) is 0 Å². The van der Waals surface area contributed by atoms with E-state index in [0.29, 0.717) is 0 Å². The summed E-state index contributed by atoms with van der Waals surface area (Å²) in [5, 5.41) is 4.67. The third-order valence-corrected chi connectivity index (χ3v) is 4.06. The summed E-state index contributed by atoms with van der Waals surface area (Å²) >= 11 is 1.87. The van der Waals surface area contributed by atoms with Gasteiger partial charge in [-0.15, -0.1) is 11.3 Å². The quantitative estimate of drug-likeness (QED) is 0.822. The van der Waals surface area contributed by atoms with Gasteiger partial charge in [0.25, 0.3) is 0 Å². The summed E-state index contributed by atoms with van der Waals surface area (Å²) in [5.41, 5.74) is 1.40. The van der Waals surface area contributed by atoms with Gasteiger partial charge >= 0.3 is 0 Å². The lowest BCUT2D eigenvalue weighted by Gasteiger charge is -1.95. The van der Waals surface area contributed by atoms with Gasteiger partial charge in [0.05, 0.1) is 5.69 Å². The second-order valence-corrected chi connectivity index (χ2v) is 5.46. The largest absolute Gasteiger partial charge is 0.359 e. The summed E-state index contributed by atoms with van der Waals surface area (Å²) in [5.74, 6) is 0.802. The fourth-order valence-electron chi connectivity index (χ4n) is 1.76. The van der Waals surface area contributed by atoms with Crippen molar-refractivity contribution in [2.45, 2.75) is 51.0 Å². The maximum atomic E-state index is 4.73. The molecule has 0 amide bonds. The van der Waals surface area contributed by atoms with E-state index >= 15 is 0 Å². The Hall–Kier alpha value is -0.570. The zero-order valence-corrected chi connectivity index (χ0v) is 9.36. The maximum Gasteiger partial charge on any atom is 0.183 e. The molecule has 3 heteroatoms. The van der Waals surface area contributed by atoms with Gasteiger partial charge in [-0.3, -0.25) is 0 Å². The molecule has 2 nitrogen and oxygen atoms in total. The van der Waals surface area contributed by atoms with Crippen LogP contribution in [0.15, 0.2) is 0 Å². The first-order valence-electron chi connectivity index (χ1n) is 5.63. The molecule has 3 rings (SSSR count). The third-order valence-electron chi connectivity index (χ3n) is 2.92. The van der Waals surface area contributed by atoms with Gasteiger partial charge in [0, 0.05) is 16.8 Å². The number of aryl methyl sites for hydroxylation is 1. The fraction of sp³-hybridized carbons (Fsp3) is 0.727. The Morgan fingerprint density at radius 2 is 2.14 bits per heavy atom. The second-order valence-electron chi connectivity index (χ2n) is 4.37. The predicted octanol–water partition coefficient (Wildman–Crippen LogP) is 3.16. The van der Waals surface area contributed by atoms with E-state index in [2.05, 4.69) is 12.2 Å². The molecule has 2 aliphatic rings. The molecular formula is C11H16N2S. The molecule has 2 saturated carbocycles. The van der Waals surface area contributed by atoms with E-state index in [4.69, 9.17) is 4.98 Å². The topological polar surface area (TPSA) is 24.9 Å². The molecule has 0 aromatic carbocycles. The Kier molecular flexibility index (Phi) is 2.01. The molecule has 1 aromatic heterocycles. The van der Waals surface area contributed by atoms with Crippen molar-refractivity contribution in [3.63, 3.8) is 0 Å². The van der Waals surface area contributed by atoms with Crippen molar-refractivity contribution in [3.8, 4) is 0 Å². The van der Waals surface area contributed by atoms with Crippen LogP contribution in [-0.2, 0) is 6.42 Å². The van der Waals surface area contributed by atoms with Gasteiger partial charge in [-0.05, 0) is 32.1 Å². The van der Waals surface area contributed by atoms with Crippen LogP contribution in [0.3, 0.4) is 0 Å². The monoisotopic (exact) mass is 208 g/mol. The van der Waals surface area contributed by atoms with E-state index in [1.807, 2.05) is 11.3 Å². The summed E-state index contributed by atoms with van der Waals surface area (Å²) in [6, 6.07) is 0.734. The first-order chi connectivity index (χ1) is 6.86. The minimum Gasteiger partial charge on any atom is -0.359 e. The second kappa shape index (κ2) is 3.23. The molecular weight excluding hydrogens is 192 g/mol. The molecule has 1 aromatic rings. The van der Waals surface area contributed by atoms with Crippen LogP contribution in [0.2, 0.25) is 0 Å². The van der Waals surface area contributed by atoms with Gasteiger partial charge in [0.1, 0.15) is 0 Å². The first kappa shape index (κ1) is 8.72. The molecule has 1 N–H and O–H groups in total. The standard InChI is InChI=1S/C11H16N2S/c1-2-9-10(7-3-4-7)13-11(14-9)12-8-5-6-8/h7-8H,2-6H2,1H3,(H,12,13). The highest BCUT2D eigenvalue weighted by molar-refractivity contribution is 7.15. The number of nitrogens with zero attached hydrogens (tertiary/aromatic N) is 1. The average molecular weight is 208 g/mol. The van der Waals surface area contributed by atoms with Crippen LogP contribution >= 0.6 is 11.3 Å². The van der Waals surface area contributed by atoms with Gasteiger partial charge in [0.15, 0.2) is 5.13 Å². The van der Waals surface area contributed by atoms with Crippen LogP contribution in [-0.4, -0.2) is 11.0 Å². The van der Waals surface area contributed by atoms with E-state index in [1.165, 1.54) is 41.4 Å². The number of rotatable bonds is 4. The lowest BCUT2D eigenvalue weighted by molar-refractivity contribution is 0.990. The van der Waals surface area contributed by atoms with E-state index in [9.17, 15) is 0 Å². The van der Waals surface area contributed by atoms with Crippen LogP contribution in [0.25, 0.3) is 0 Å². The van der Waals surface area contributed by atoms with Gasteiger partial charge < -0.3 is 5.32 Å². The zero-order chi connectivity index (χ0) is 9.54. The molecule has 2 fully saturated rings. The van der Waals surface area contributed by atoms with Crippen molar-refractivity contribution in [2.24, 2.45) is 0 Å².